The summed E-state index contributed by atoms with van der Waals surface area (Å²) in [4.78, 5) is 39.9. The molecule has 1 heterocycles. The van der Waals surface area contributed by atoms with Crippen molar-refractivity contribution in [3.05, 3.63) is 66.4 Å². The van der Waals surface area contributed by atoms with Gasteiger partial charge in [0.1, 0.15) is 0 Å². The Labute approximate surface area is 143 Å². The fourth-order valence-electron chi connectivity index (χ4n) is 3.17. The third-order valence-corrected chi connectivity index (χ3v) is 4.61. The van der Waals surface area contributed by atoms with Crippen molar-refractivity contribution < 1.29 is 4.79 Å². The highest BCUT2D eigenvalue weighted by Gasteiger charge is 2.24. The van der Waals surface area contributed by atoms with Crippen LogP contribution in [0.5, 0.6) is 0 Å². The molecule has 7 heteroatoms. The van der Waals surface area contributed by atoms with Gasteiger partial charge < -0.3 is 10.3 Å². The number of benzene rings is 1. The predicted molar refractivity (Wildman–Crippen MR) is 91.4 cm³/mol. The van der Waals surface area contributed by atoms with Crippen LogP contribution in [0.25, 0.3) is 0 Å². The van der Waals surface area contributed by atoms with E-state index in [1.54, 1.807) is 6.92 Å². The van der Waals surface area contributed by atoms with Crippen LogP contribution in [-0.4, -0.2) is 15.9 Å². The quantitative estimate of drug-likeness (QED) is 0.786. The molecule has 1 aromatic carbocycles. The SMILES string of the molecule is Cc1[nH]c(=O)[nH]c(=O)c1CCC(=O)N[C@@H]1CCc2cc(Cl)ccc21. The van der Waals surface area contributed by atoms with E-state index in [0.717, 1.165) is 18.4 Å². The molecule has 1 atom stereocenters. The molecule has 0 unspecified atom stereocenters. The van der Waals surface area contributed by atoms with Gasteiger partial charge in [0.25, 0.3) is 5.56 Å². The highest BCUT2D eigenvalue weighted by atomic mass is 35.5. The molecule has 3 rings (SSSR count). The number of H-pyrrole nitrogens is 2. The molecule has 2 aromatic rings. The number of nitrogens with one attached hydrogen (secondary N) is 3. The largest absolute Gasteiger partial charge is 0.349 e. The lowest BCUT2D eigenvalue weighted by atomic mass is 10.1. The number of halogens is 1. The lowest BCUT2D eigenvalue weighted by Crippen LogP contribution is -2.30. The van der Waals surface area contributed by atoms with E-state index in [1.807, 2.05) is 18.2 Å². The van der Waals surface area contributed by atoms with Gasteiger partial charge in [-0.15, -0.1) is 0 Å². The maximum absolute atomic E-state index is 12.2. The number of carbonyl (C=O) groups is 1. The topological polar surface area (TPSA) is 94.8 Å². The van der Waals surface area contributed by atoms with Crippen LogP contribution in [-0.2, 0) is 17.6 Å². The summed E-state index contributed by atoms with van der Waals surface area (Å²) in [5.41, 5.74) is 2.23. The van der Waals surface area contributed by atoms with Gasteiger partial charge in [-0.1, -0.05) is 17.7 Å². The number of amides is 1. The first kappa shape index (κ1) is 16.5. The van der Waals surface area contributed by atoms with E-state index in [0.29, 0.717) is 16.3 Å². The van der Waals surface area contributed by atoms with Crippen LogP contribution < -0.4 is 16.6 Å². The summed E-state index contributed by atoms with van der Waals surface area (Å²) in [5, 5.41) is 3.71. The van der Waals surface area contributed by atoms with Gasteiger partial charge in [0.15, 0.2) is 0 Å². The number of aryl methyl sites for hydroxylation is 2. The third-order valence-electron chi connectivity index (χ3n) is 4.37. The standard InChI is InChI=1S/C17H18ClN3O3/c1-9-12(16(23)21-17(24)19-9)5-7-15(22)20-14-6-2-10-8-11(18)3-4-13(10)14/h3-4,8,14H,2,5-7H2,1H3,(H,20,22)(H2,19,21,23,24)/t14-/m1/s1. The van der Waals surface area contributed by atoms with Crippen LogP contribution in [0.1, 0.15) is 41.3 Å². The van der Waals surface area contributed by atoms with Crippen LogP contribution in [0.4, 0.5) is 0 Å². The number of carbonyl (C=O) groups excluding carboxylic acids is 1. The molecule has 1 aliphatic rings. The van der Waals surface area contributed by atoms with E-state index in [2.05, 4.69) is 15.3 Å². The zero-order chi connectivity index (χ0) is 17.3. The molecule has 1 aromatic heterocycles. The van der Waals surface area contributed by atoms with Gasteiger partial charge in [0, 0.05) is 22.7 Å². The fraction of sp³-hybridized carbons (Fsp3) is 0.353. The van der Waals surface area contributed by atoms with E-state index in [-0.39, 0.29) is 24.8 Å². The Hall–Kier alpha value is -2.34. The Morgan fingerprint density at radius 3 is 2.88 bits per heavy atom. The second-order valence-corrected chi connectivity index (χ2v) is 6.45. The van der Waals surface area contributed by atoms with Crippen molar-refractivity contribution in [3.8, 4) is 0 Å². The normalized spacial score (nSPS) is 16.0. The van der Waals surface area contributed by atoms with Crippen LogP contribution >= 0.6 is 11.6 Å². The van der Waals surface area contributed by atoms with Crippen molar-refractivity contribution in [2.45, 2.75) is 38.6 Å². The molecule has 0 radical (unpaired) electrons. The molecule has 0 saturated heterocycles. The molecule has 126 valence electrons. The summed E-state index contributed by atoms with van der Waals surface area (Å²) in [7, 11) is 0. The number of hydrogen-bond donors (Lipinski definition) is 3. The number of fused-ring (bicyclic) bond motifs is 1. The Morgan fingerprint density at radius 1 is 1.33 bits per heavy atom. The van der Waals surface area contributed by atoms with E-state index < -0.39 is 11.2 Å². The minimum absolute atomic E-state index is 0.0141. The minimum atomic E-state index is -0.535. The Morgan fingerprint density at radius 2 is 2.12 bits per heavy atom. The molecule has 6 nitrogen and oxygen atoms in total. The van der Waals surface area contributed by atoms with Gasteiger partial charge in [-0.3, -0.25) is 14.6 Å². The fourth-order valence-corrected chi connectivity index (χ4v) is 3.36. The highest BCUT2D eigenvalue weighted by molar-refractivity contribution is 6.30. The second kappa shape index (κ2) is 6.65. The van der Waals surface area contributed by atoms with Gasteiger partial charge in [-0.2, -0.15) is 0 Å². The minimum Gasteiger partial charge on any atom is -0.349 e. The summed E-state index contributed by atoms with van der Waals surface area (Å²) in [6.07, 6.45) is 2.21. The average molecular weight is 348 g/mol. The van der Waals surface area contributed by atoms with E-state index in [1.165, 1.54) is 5.56 Å². The summed E-state index contributed by atoms with van der Waals surface area (Å²) >= 11 is 5.99. The smallest absolute Gasteiger partial charge is 0.325 e. The summed E-state index contributed by atoms with van der Waals surface area (Å²) < 4.78 is 0. The molecular weight excluding hydrogens is 330 g/mol. The van der Waals surface area contributed by atoms with Crippen molar-refractivity contribution >= 4 is 17.5 Å². The third kappa shape index (κ3) is 3.43. The molecule has 0 aliphatic heterocycles. The first-order chi connectivity index (χ1) is 11.4. The van der Waals surface area contributed by atoms with E-state index in [4.69, 9.17) is 11.6 Å². The molecule has 0 bridgehead atoms. The molecule has 0 fully saturated rings. The average Bonchev–Trinajstić information content (AvgIpc) is 2.88. The molecule has 0 saturated carbocycles. The van der Waals surface area contributed by atoms with Crippen molar-refractivity contribution in [1.29, 1.82) is 0 Å². The van der Waals surface area contributed by atoms with Gasteiger partial charge in [0.05, 0.1) is 6.04 Å². The van der Waals surface area contributed by atoms with E-state index in [9.17, 15) is 14.4 Å². The second-order valence-electron chi connectivity index (χ2n) is 6.01. The number of hydrogen-bond acceptors (Lipinski definition) is 3. The van der Waals surface area contributed by atoms with Gasteiger partial charge in [-0.05, 0) is 49.4 Å². The number of rotatable bonds is 4. The maximum atomic E-state index is 12.2. The first-order valence-electron chi connectivity index (χ1n) is 7.84. The van der Waals surface area contributed by atoms with Gasteiger partial charge in [-0.25, -0.2) is 4.79 Å². The van der Waals surface area contributed by atoms with Crippen molar-refractivity contribution in [1.82, 2.24) is 15.3 Å². The Kier molecular flexibility index (Phi) is 4.57. The lowest BCUT2D eigenvalue weighted by molar-refractivity contribution is -0.121. The predicted octanol–water partition coefficient (Wildman–Crippen LogP) is 1.76. The zero-order valence-electron chi connectivity index (χ0n) is 13.2. The van der Waals surface area contributed by atoms with Crippen molar-refractivity contribution in [2.24, 2.45) is 0 Å². The molecule has 24 heavy (non-hydrogen) atoms. The summed E-state index contributed by atoms with van der Waals surface area (Å²) in [6, 6.07) is 5.70. The van der Waals surface area contributed by atoms with E-state index >= 15 is 0 Å². The highest BCUT2D eigenvalue weighted by Crippen LogP contribution is 2.32. The molecule has 1 amide bonds. The van der Waals surface area contributed by atoms with Gasteiger partial charge >= 0.3 is 5.69 Å². The monoisotopic (exact) mass is 347 g/mol. The Balaban J connectivity index is 1.64. The molecule has 3 N–H and O–H groups in total. The molecular formula is C17H18ClN3O3. The Bertz CT molecular complexity index is 901. The van der Waals surface area contributed by atoms with Gasteiger partial charge in [0.2, 0.25) is 5.91 Å². The van der Waals surface area contributed by atoms with Crippen molar-refractivity contribution in [2.75, 3.05) is 0 Å². The number of aromatic amines is 2. The summed E-state index contributed by atoms with van der Waals surface area (Å²) in [5.74, 6) is -0.118. The zero-order valence-corrected chi connectivity index (χ0v) is 14.0. The number of aromatic nitrogens is 2. The summed E-state index contributed by atoms with van der Waals surface area (Å²) in [6.45, 7) is 1.65. The maximum Gasteiger partial charge on any atom is 0.325 e. The first-order valence-corrected chi connectivity index (χ1v) is 8.21. The van der Waals surface area contributed by atoms with Crippen LogP contribution in [0, 0.1) is 6.92 Å². The lowest BCUT2D eigenvalue weighted by Gasteiger charge is -2.14. The molecule has 0 spiro atoms. The van der Waals surface area contributed by atoms with Crippen LogP contribution in [0.15, 0.2) is 27.8 Å². The van der Waals surface area contributed by atoms with Crippen LogP contribution in [0.2, 0.25) is 5.02 Å². The molecule has 1 aliphatic carbocycles. The van der Waals surface area contributed by atoms with Crippen molar-refractivity contribution in [3.63, 3.8) is 0 Å². The van der Waals surface area contributed by atoms with Crippen LogP contribution in [0.3, 0.4) is 0 Å².